The van der Waals surface area contributed by atoms with Crippen molar-refractivity contribution in [3.05, 3.63) is 23.3 Å². The lowest BCUT2D eigenvalue weighted by atomic mass is 10.2. The number of carbonyl (C=O) groups is 2. The SMILES string of the molecule is C=C(Cl)/C(=C/C(=O)OC(C)C)C(=O)OC(C)C. The zero-order valence-electron chi connectivity index (χ0n) is 10.5. The normalized spacial score (nSPS) is 11.6. The molecule has 0 N–H and O–H groups in total. The fraction of sp³-hybridized carbons (Fsp3) is 0.500. The van der Waals surface area contributed by atoms with Crippen LogP contribution in [-0.4, -0.2) is 24.1 Å². The van der Waals surface area contributed by atoms with Crippen molar-refractivity contribution in [2.75, 3.05) is 0 Å². The maximum Gasteiger partial charge on any atom is 0.340 e. The Morgan fingerprint density at radius 1 is 1.12 bits per heavy atom. The number of hydrogen-bond acceptors (Lipinski definition) is 4. The highest BCUT2D eigenvalue weighted by Crippen LogP contribution is 2.15. The summed E-state index contributed by atoms with van der Waals surface area (Å²) in [6.45, 7) is 10.2. The van der Waals surface area contributed by atoms with E-state index in [9.17, 15) is 9.59 Å². The molecule has 0 bridgehead atoms. The van der Waals surface area contributed by atoms with Gasteiger partial charge in [0.2, 0.25) is 0 Å². The van der Waals surface area contributed by atoms with Crippen molar-refractivity contribution in [2.24, 2.45) is 0 Å². The average molecular weight is 261 g/mol. The van der Waals surface area contributed by atoms with Crippen LogP contribution in [0.15, 0.2) is 23.3 Å². The molecule has 0 aliphatic rings. The van der Waals surface area contributed by atoms with Crippen molar-refractivity contribution >= 4 is 23.5 Å². The van der Waals surface area contributed by atoms with Gasteiger partial charge in [-0.15, -0.1) is 0 Å². The third kappa shape index (κ3) is 6.79. The van der Waals surface area contributed by atoms with E-state index in [0.29, 0.717) is 0 Å². The van der Waals surface area contributed by atoms with Crippen LogP contribution in [0.3, 0.4) is 0 Å². The van der Waals surface area contributed by atoms with Gasteiger partial charge >= 0.3 is 11.9 Å². The van der Waals surface area contributed by atoms with Gasteiger partial charge in [0.1, 0.15) is 0 Å². The highest BCUT2D eigenvalue weighted by Gasteiger charge is 2.17. The molecule has 0 saturated carbocycles. The molecule has 0 aromatic carbocycles. The molecule has 0 rings (SSSR count). The van der Waals surface area contributed by atoms with Crippen molar-refractivity contribution in [2.45, 2.75) is 39.9 Å². The first-order chi connectivity index (χ1) is 7.73. The number of halogens is 1. The first kappa shape index (κ1) is 15.7. The van der Waals surface area contributed by atoms with E-state index in [2.05, 4.69) is 6.58 Å². The Labute approximate surface area is 106 Å². The summed E-state index contributed by atoms with van der Waals surface area (Å²) in [4.78, 5) is 22.9. The van der Waals surface area contributed by atoms with Crippen molar-refractivity contribution in [1.82, 2.24) is 0 Å². The number of ether oxygens (including phenoxy) is 2. The van der Waals surface area contributed by atoms with E-state index in [4.69, 9.17) is 21.1 Å². The molecule has 0 aliphatic heterocycles. The van der Waals surface area contributed by atoms with Crippen molar-refractivity contribution < 1.29 is 19.1 Å². The van der Waals surface area contributed by atoms with Gasteiger partial charge in [-0.05, 0) is 27.7 Å². The van der Waals surface area contributed by atoms with E-state index in [-0.39, 0.29) is 22.8 Å². The molecule has 0 unspecified atom stereocenters. The number of hydrogen-bond donors (Lipinski definition) is 0. The van der Waals surface area contributed by atoms with Gasteiger partial charge in [0, 0.05) is 11.1 Å². The van der Waals surface area contributed by atoms with Gasteiger partial charge in [0.25, 0.3) is 0 Å². The van der Waals surface area contributed by atoms with Gasteiger partial charge in [-0.25, -0.2) is 9.59 Å². The molecule has 0 aromatic rings. The van der Waals surface area contributed by atoms with E-state index in [0.717, 1.165) is 6.08 Å². The van der Waals surface area contributed by atoms with E-state index >= 15 is 0 Å². The Morgan fingerprint density at radius 2 is 1.59 bits per heavy atom. The van der Waals surface area contributed by atoms with E-state index < -0.39 is 11.9 Å². The summed E-state index contributed by atoms with van der Waals surface area (Å²) in [6.07, 6.45) is 0.410. The average Bonchev–Trinajstić information content (AvgIpc) is 2.10. The molecular formula is C12H17ClO4. The van der Waals surface area contributed by atoms with Crippen LogP contribution < -0.4 is 0 Å². The summed E-state index contributed by atoms with van der Waals surface area (Å²) in [7, 11) is 0. The van der Waals surface area contributed by atoms with Crippen LogP contribution in [0.25, 0.3) is 0 Å². The maximum atomic E-state index is 11.6. The smallest absolute Gasteiger partial charge is 0.340 e. The maximum absolute atomic E-state index is 11.6. The summed E-state index contributed by atoms with van der Waals surface area (Å²) < 4.78 is 9.78. The Balaban J connectivity index is 4.85. The summed E-state index contributed by atoms with van der Waals surface area (Å²) in [5.41, 5.74) is -0.0917. The Hall–Kier alpha value is -1.29. The van der Waals surface area contributed by atoms with Gasteiger partial charge in [-0.1, -0.05) is 18.2 Å². The Kier molecular flexibility index (Phi) is 6.58. The molecule has 0 fully saturated rings. The second-order valence-corrected chi connectivity index (χ2v) is 4.36. The third-order valence-corrected chi connectivity index (χ3v) is 1.67. The largest absolute Gasteiger partial charge is 0.460 e. The third-order valence-electron chi connectivity index (χ3n) is 1.47. The summed E-state index contributed by atoms with van der Waals surface area (Å²) in [6, 6.07) is 0. The molecule has 4 nitrogen and oxygen atoms in total. The molecule has 0 aromatic heterocycles. The van der Waals surface area contributed by atoms with Crippen molar-refractivity contribution in [3.63, 3.8) is 0 Å². The van der Waals surface area contributed by atoms with E-state index in [1.807, 2.05) is 0 Å². The minimum absolute atomic E-state index is 0.0589. The lowest BCUT2D eigenvalue weighted by molar-refractivity contribution is -0.144. The van der Waals surface area contributed by atoms with Crippen molar-refractivity contribution in [1.29, 1.82) is 0 Å². The first-order valence-electron chi connectivity index (χ1n) is 5.22. The minimum atomic E-state index is -0.694. The van der Waals surface area contributed by atoms with Gasteiger partial charge in [0.15, 0.2) is 0 Å². The van der Waals surface area contributed by atoms with Crippen LogP contribution in [0.4, 0.5) is 0 Å². The summed E-state index contributed by atoms with van der Waals surface area (Å²) in [5, 5.41) is -0.0589. The highest BCUT2D eigenvalue weighted by atomic mass is 35.5. The molecule has 0 amide bonds. The monoisotopic (exact) mass is 260 g/mol. The fourth-order valence-corrected chi connectivity index (χ4v) is 1.04. The number of carbonyl (C=O) groups excluding carboxylic acids is 2. The lowest BCUT2D eigenvalue weighted by Crippen LogP contribution is -2.16. The molecule has 0 radical (unpaired) electrons. The highest BCUT2D eigenvalue weighted by molar-refractivity contribution is 6.35. The predicted octanol–water partition coefficient (Wildman–Crippen LogP) is 2.57. The second kappa shape index (κ2) is 7.12. The quantitative estimate of drug-likeness (QED) is 0.433. The van der Waals surface area contributed by atoms with Gasteiger partial charge in [0.05, 0.1) is 17.8 Å². The van der Waals surface area contributed by atoms with Crippen molar-refractivity contribution in [3.8, 4) is 0 Å². The molecule has 96 valence electrons. The summed E-state index contributed by atoms with van der Waals surface area (Å²) >= 11 is 5.63. The molecular weight excluding hydrogens is 244 g/mol. The standard InChI is InChI=1S/C12H17ClO4/c1-7(2)16-11(14)6-10(9(5)13)12(15)17-8(3)4/h6-8H,5H2,1-4H3/b10-6-. The molecule has 0 atom stereocenters. The molecule has 0 heterocycles. The number of esters is 2. The second-order valence-electron chi connectivity index (χ2n) is 3.90. The van der Waals surface area contributed by atoms with Gasteiger partial charge in [-0.2, -0.15) is 0 Å². The zero-order valence-corrected chi connectivity index (χ0v) is 11.2. The van der Waals surface area contributed by atoms with E-state index in [1.54, 1.807) is 27.7 Å². The zero-order chi connectivity index (χ0) is 13.6. The number of rotatable bonds is 5. The lowest BCUT2D eigenvalue weighted by Gasteiger charge is -2.10. The first-order valence-corrected chi connectivity index (χ1v) is 5.60. The fourth-order valence-electron chi connectivity index (χ4n) is 0.910. The van der Waals surface area contributed by atoms with Crippen LogP contribution in [0.5, 0.6) is 0 Å². The van der Waals surface area contributed by atoms with Crippen LogP contribution >= 0.6 is 11.6 Å². The molecule has 17 heavy (non-hydrogen) atoms. The van der Waals surface area contributed by atoms with Gasteiger partial charge < -0.3 is 9.47 Å². The molecule has 0 spiro atoms. The Bertz CT molecular complexity index is 342. The van der Waals surface area contributed by atoms with Crippen LogP contribution in [0.1, 0.15) is 27.7 Å². The minimum Gasteiger partial charge on any atom is -0.460 e. The van der Waals surface area contributed by atoms with Gasteiger partial charge in [-0.3, -0.25) is 0 Å². The molecule has 0 saturated heterocycles. The Morgan fingerprint density at radius 3 is 1.94 bits per heavy atom. The van der Waals surface area contributed by atoms with Crippen LogP contribution in [0.2, 0.25) is 0 Å². The summed E-state index contributed by atoms with van der Waals surface area (Å²) in [5.74, 6) is -1.35. The predicted molar refractivity (Wildman–Crippen MR) is 65.5 cm³/mol. The molecule has 0 aliphatic carbocycles. The van der Waals surface area contributed by atoms with Crippen LogP contribution in [-0.2, 0) is 19.1 Å². The van der Waals surface area contributed by atoms with Crippen LogP contribution in [0, 0.1) is 0 Å². The van der Waals surface area contributed by atoms with E-state index in [1.165, 1.54) is 0 Å². The topological polar surface area (TPSA) is 52.6 Å². The molecule has 5 heteroatoms.